The van der Waals surface area contributed by atoms with Crippen LogP contribution in [0.1, 0.15) is 6.92 Å². The summed E-state index contributed by atoms with van der Waals surface area (Å²) in [5.41, 5.74) is 5.31. The molecule has 4 nitrogen and oxygen atoms in total. The average molecular weight is 165 g/mol. The maximum absolute atomic E-state index is 10.4. The van der Waals surface area contributed by atoms with Crippen molar-refractivity contribution >= 4 is 17.6 Å². The average Bonchev–Trinajstić information content (AvgIpc) is 2.14. The standard InChI is InChI=1S/C5H9ClN2O2/c1-2-3(6)4(5(9)10)8-7-2/h2-4,7-8H,1H3,(H,9,10). The lowest BCUT2D eigenvalue weighted by Gasteiger charge is -2.07. The van der Waals surface area contributed by atoms with E-state index >= 15 is 0 Å². The molecule has 1 aliphatic heterocycles. The molecule has 3 unspecified atom stereocenters. The minimum Gasteiger partial charge on any atom is -0.480 e. The van der Waals surface area contributed by atoms with Crippen LogP contribution >= 0.6 is 11.6 Å². The maximum Gasteiger partial charge on any atom is 0.323 e. The molecule has 0 spiro atoms. The number of hydrogen-bond donors (Lipinski definition) is 3. The monoisotopic (exact) mass is 164 g/mol. The molecule has 1 aliphatic rings. The molecule has 1 heterocycles. The van der Waals surface area contributed by atoms with E-state index in [1.54, 1.807) is 0 Å². The Kier molecular flexibility index (Phi) is 2.13. The third-order valence-corrected chi connectivity index (χ3v) is 2.16. The zero-order chi connectivity index (χ0) is 7.72. The highest BCUT2D eigenvalue weighted by Gasteiger charge is 2.36. The Morgan fingerprint density at radius 2 is 2.20 bits per heavy atom. The fourth-order valence-corrected chi connectivity index (χ4v) is 1.10. The Hall–Kier alpha value is -0.320. The van der Waals surface area contributed by atoms with Crippen molar-refractivity contribution in [3.63, 3.8) is 0 Å². The van der Waals surface area contributed by atoms with Gasteiger partial charge in [-0.3, -0.25) is 10.2 Å². The van der Waals surface area contributed by atoms with Crippen molar-refractivity contribution in [1.29, 1.82) is 0 Å². The number of halogens is 1. The second-order valence-corrected chi connectivity index (χ2v) is 2.84. The molecule has 0 radical (unpaired) electrons. The van der Waals surface area contributed by atoms with Crippen LogP contribution < -0.4 is 10.9 Å². The van der Waals surface area contributed by atoms with E-state index in [1.807, 2.05) is 6.92 Å². The van der Waals surface area contributed by atoms with E-state index in [4.69, 9.17) is 16.7 Å². The summed E-state index contributed by atoms with van der Waals surface area (Å²) in [6.07, 6.45) is 0. The molecular formula is C5H9ClN2O2. The van der Waals surface area contributed by atoms with Gasteiger partial charge in [0.05, 0.1) is 5.38 Å². The van der Waals surface area contributed by atoms with Crippen LogP contribution in [0.4, 0.5) is 0 Å². The van der Waals surface area contributed by atoms with Gasteiger partial charge in [0.2, 0.25) is 0 Å². The van der Waals surface area contributed by atoms with Crippen molar-refractivity contribution in [2.45, 2.75) is 24.4 Å². The molecule has 0 aromatic heterocycles. The highest BCUT2D eigenvalue weighted by Crippen LogP contribution is 2.12. The SMILES string of the molecule is CC1NNC(C(=O)O)C1Cl. The van der Waals surface area contributed by atoms with Crippen molar-refractivity contribution in [2.75, 3.05) is 0 Å². The molecule has 10 heavy (non-hydrogen) atoms. The number of aliphatic carboxylic acids is 1. The molecule has 0 saturated carbocycles. The topological polar surface area (TPSA) is 61.4 Å². The summed E-state index contributed by atoms with van der Waals surface area (Å²) in [6, 6.07) is -0.667. The number of carbonyl (C=O) groups is 1. The summed E-state index contributed by atoms with van der Waals surface area (Å²) in [5.74, 6) is -0.920. The van der Waals surface area contributed by atoms with Crippen molar-refractivity contribution in [3.8, 4) is 0 Å². The van der Waals surface area contributed by atoms with E-state index in [1.165, 1.54) is 0 Å². The summed E-state index contributed by atoms with van der Waals surface area (Å²) < 4.78 is 0. The molecule has 0 amide bonds. The van der Waals surface area contributed by atoms with E-state index < -0.39 is 12.0 Å². The third-order valence-electron chi connectivity index (χ3n) is 1.53. The van der Waals surface area contributed by atoms with Crippen LogP contribution in [-0.4, -0.2) is 28.5 Å². The largest absolute Gasteiger partial charge is 0.480 e. The molecular weight excluding hydrogens is 156 g/mol. The fraction of sp³-hybridized carbons (Fsp3) is 0.800. The van der Waals surface area contributed by atoms with Crippen LogP contribution in [0, 0.1) is 0 Å². The number of carboxylic acid groups (broad SMARTS) is 1. The lowest BCUT2D eigenvalue weighted by atomic mass is 10.1. The van der Waals surface area contributed by atoms with E-state index in [0.717, 1.165) is 0 Å². The van der Waals surface area contributed by atoms with Gasteiger partial charge >= 0.3 is 5.97 Å². The smallest absolute Gasteiger partial charge is 0.323 e. The molecule has 1 saturated heterocycles. The van der Waals surface area contributed by atoms with Crippen LogP contribution in [-0.2, 0) is 4.79 Å². The predicted molar refractivity (Wildman–Crippen MR) is 36.8 cm³/mol. The first-order chi connectivity index (χ1) is 4.63. The number of rotatable bonds is 1. The summed E-state index contributed by atoms with van der Waals surface area (Å²) >= 11 is 5.72. The summed E-state index contributed by atoms with van der Waals surface area (Å²) in [4.78, 5) is 10.4. The summed E-state index contributed by atoms with van der Waals surface area (Å²) in [6.45, 7) is 1.83. The minimum atomic E-state index is -0.920. The highest BCUT2D eigenvalue weighted by molar-refractivity contribution is 6.23. The first-order valence-corrected chi connectivity index (χ1v) is 3.44. The first-order valence-electron chi connectivity index (χ1n) is 3.01. The van der Waals surface area contributed by atoms with Crippen molar-refractivity contribution in [1.82, 2.24) is 10.9 Å². The van der Waals surface area contributed by atoms with Gasteiger partial charge in [-0.25, -0.2) is 5.43 Å². The molecule has 3 N–H and O–H groups in total. The van der Waals surface area contributed by atoms with Gasteiger partial charge in [-0.1, -0.05) is 0 Å². The van der Waals surface area contributed by atoms with Gasteiger partial charge in [0.1, 0.15) is 6.04 Å². The Morgan fingerprint density at radius 1 is 1.60 bits per heavy atom. The number of carboxylic acids is 1. The molecule has 0 aromatic rings. The molecule has 3 atom stereocenters. The van der Waals surface area contributed by atoms with Gasteiger partial charge in [0.25, 0.3) is 0 Å². The Bertz CT molecular complexity index is 153. The van der Waals surface area contributed by atoms with E-state index in [9.17, 15) is 4.79 Å². The number of alkyl halides is 1. The number of hydrogen-bond acceptors (Lipinski definition) is 3. The molecule has 1 fully saturated rings. The van der Waals surface area contributed by atoms with Crippen LogP contribution in [0.25, 0.3) is 0 Å². The van der Waals surface area contributed by atoms with Crippen LogP contribution in [0.2, 0.25) is 0 Å². The summed E-state index contributed by atoms with van der Waals surface area (Å²) in [7, 11) is 0. The van der Waals surface area contributed by atoms with E-state index in [0.29, 0.717) is 0 Å². The Balaban J connectivity index is 2.57. The van der Waals surface area contributed by atoms with Gasteiger partial charge in [-0.2, -0.15) is 0 Å². The lowest BCUT2D eigenvalue weighted by Crippen LogP contribution is -2.38. The van der Waals surface area contributed by atoms with Gasteiger partial charge < -0.3 is 5.11 Å². The van der Waals surface area contributed by atoms with Crippen molar-refractivity contribution < 1.29 is 9.90 Å². The molecule has 58 valence electrons. The minimum absolute atomic E-state index is 0.00256. The first kappa shape index (κ1) is 7.78. The van der Waals surface area contributed by atoms with Gasteiger partial charge in [0, 0.05) is 6.04 Å². The molecule has 1 rings (SSSR count). The second kappa shape index (κ2) is 2.74. The normalized spacial score (nSPS) is 40.0. The van der Waals surface area contributed by atoms with Crippen LogP contribution in [0.15, 0.2) is 0 Å². The number of hydrazine groups is 1. The summed E-state index contributed by atoms with van der Waals surface area (Å²) in [5, 5.41) is 8.14. The third kappa shape index (κ3) is 1.23. The highest BCUT2D eigenvalue weighted by atomic mass is 35.5. The number of nitrogens with one attached hydrogen (secondary N) is 2. The Morgan fingerprint density at radius 3 is 2.40 bits per heavy atom. The van der Waals surface area contributed by atoms with E-state index in [2.05, 4.69) is 10.9 Å². The van der Waals surface area contributed by atoms with Gasteiger partial charge in [-0.05, 0) is 6.92 Å². The molecule has 0 bridgehead atoms. The van der Waals surface area contributed by atoms with E-state index in [-0.39, 0.29) is 11.4 Å². The maximum atomic E-state index is 10.4. The zero-order valence-electron chi connectivity index (χ0n) is 5.47. The lowest BCUT2D eigenvalue weighted by molar-refractivity contribution is -0.139. The van der Waals surface area contributed by atoms with Gasteiger partial charge in [-0.15, -0.1) is 11.6 Å². The Labute approximate surface area is 63.5 Å². The zero-order valence-corrected chi connectivity index (χ0v) is 6.22. The quantitative estimate of drug-likeness (QED) is 0.459. The van der Waals surface area contributed by atoms with Crippen LogP contribution in [0.3, 0.4) is 0 Å². The van der Waals surface area contributed by atoms with Gasteiger partial charge in [0.15, 0.2) is 0 Å². The fourth-order valence-electron chi connectivity index (χ4n) is 0.867. The van der Waals surface area contributed by atoms with Crippen molar-refractivity contribution in [3.05, 3.63) is 0 Å². The molecule has 5 heteroatoms. The molecule has 0 aromatic carbocycles. The molecule has 0 aliphatic carbocycles. The predicted octanol–water partition coefficient (Wildman–Crippen LogP) is -0.457. The van der Waals surface area contributed by atoms with Crippen molar-refractivity contribution in [2.24, 2.45) is 0 Å². The second-order valence-electron chi connectivity index (χ2n) is 2.34. The van der Waals surface area contributed by atoms with Crippen LogP contribution in [0.5, 0.6) is 0 Å².